The maximum absolute atomic E-state index is 13.3. The van der Waals surface area contributed by atoms with Gasteiger partial charge in [0.1, 0.15) is 0 Å². The topological polar surface area (TPSA) is 58.2 Å². The highest BCUT2D eigenvalue weighted by atomic mass is 16.2. The first-order valence-corrected chi connectivity index (χ1v) is 9.73. The Bertz CT molecular complexity index is 890. The lowest BCUT2D eigenvalue weighted by molar-refractivity contribution is -0.125. The predicted molar refractivity (Wildman–Crippen MR) is 113 cm³/mol. The Morgan fingerprint density at radius 2 is 1.61 bits per heavy atom. The molecule has 2 aromatic rings. The van der Waals surface area contributed by atoms with E-state index >= 15 is 0 Å². The van der Waals surface area contributed by atoms with Crippen molar-refractivity contribution in [2.45, 2.75) is 46.1 Å². The molecule has 1 aliphatic carbocycles. The zero-order valence-electron chi connectivity index (χ0n) is 17.0. The molecule has 4 nitrogen and oxygen atoms in total. The van der Waals surface area contributed by atoms with Crippen LogP contribution < -0.4 is 10.6 Å². The minimum Gasteiger partial charge on any atom is -0.359 e. The third-order valence-corrected chi connectivity index (χ3v) is 4.80. The molecule has 0 fully saturated rings. The van der Waals surface area contributed by atoms with Gasteiger partial charge in [-0.3, -0.25) is 9.59 Å². The summed E-state index contributed by atoms with van der Waals surface area (Å²) in [7, 11) is 0. The van der Waals surface area contributed by atoms with Crippen LogP contribution in [0.25, 0.3) is 0 Å². The van der Waals surface area contributed by atoms with Gasteiger partial charge in [-0.05, 0) is 52.7 Å². The number of hydrogen-bond acceptors (Lipinski definition) is 3. The highest BCUT2D eigenvalue weighted by Gasteiger charge is 2.37. The van der Waals surface area contributed by atoms with E-state index in [-0.39, 0.29) is 17.2 Å². The molecule has 0 heterocycles. The number of Topliss-reactive ketones (excluding diaryl/α,β-unsaturated/α-hetero) is 1. The van der Waals surface area contributed by atoms with Crippen molar-refractivity contribution in [3.8, 4) is 0 Å². The Labute approximate surface area is 167 Å². The normalized spacial score (nSPS) is 16.8. The first-order valence-electron chi connectivity index (χ1n) is 9.73. The molecule has 1 amide bonds. The van der Waals surface area contributed by atoms with Crippen LogP contribution in [0, 0.1) is 12.8 Å². The maximum Gasteiger partial charge on any atom is 0.228 e. The number of allylic oxidation sites excluding steroid dienone is 1. The van der Waals surface area contributed by atoms with Crippen LogP contribution in [-0.4, -0.2) is 17.2 Å². The molecule has 1 aliphatic rings. The number of benzene rings is 2. The summed E-state index contributed by atoms with van der Waals surface area (Å²) in [6.45, 7) is 7.89. The fraction of sp³-hybridized carbons (Fsp3) is 0.333. The maximum atomic E-state index is 13.3. The van der Waals surface area contributed by atoms with Gasteiger partial charge in [-0.25, -0.2) is 0 Å². The zero-order valence-corrected chi connectivity index (χ0v) is 17.0. The van der Waals surface area contributed by atoms with Crippen LogP contribution in [0.1, 0.15) is 49.5 Å². The van der Waals surface area contributed by atoms with Crippen LogP contribution in [0.5, 0.6) is 0 Å². The standard InChI is InChI=1S/C24H28N2O2/c1-16-10-12-18(13-11-16)25-20-15-14-19(23(28)26-24(2,3)4)21(20)22(27)17-8-6-5-7-9-17/h5-13,19,25H,14-15H2,1-4H3,(H,26,28). The number of ketones is 1. The summed E-state index contributed by atoms with van der Waals surface area (Å²) in [6.07, 6.45) is 1.30. The number of anilines is 1. The van der Waals surface area contributed by atoms with Crippen molar-refractivity contribution in [3.63, 3.8) is 0 Å². The molecule has 146 valence electrons. The van der Waals surface area contributed by atoms with Gasteiger partial charge < -0.3 is 10.6 Å². The monoisotopic (exact) mass is 376 g/mol. The van der Waals surface area contributed by atoms with Crippen LogP contribution in [0.15, 0.2) is 65.9 Å². The van der Waals surface area contributed by atoms with Crippen molar-refractivity contribution in [2.75, 3.05) is 5.32 Å². The Balaban J connectivity index is 1.97. The number of hydrogen-bond donors (Lipinski definition) is 2. The molecule has 0 spiro atoms. The van der Waals surface area contributed by atoms with Crippen molar-refractivity contribution in [1.82, 2.24) is 5.32 Å². The summed E-state index contributed by atoms with van der Waals surface area (Å²) >= 11 is 0. The average molecular weight is 377 g/mol. The van der Waals surface area contributed by atoms with Crippen molar-refractivity contribution in [1.29, 1.82) is 0 Å². The molecule has 2 aromatic carbocycles. The van der Waals surface area contributed by atoms with E-state index in [1.807, 2.05) is 70.2 Å². The van der Waals surface area contributed by atoms with Crippen molar-refractivity contribution in [3.05, 3.63) is 77.0 Å². The van der Waals surface area contributed by atoms with E-state index in [4.69, 9.17) is 0 Å². The fourth-order valence-corrected chi connectivity index (χ4v) is 3.48. The van der Waals surface area contributed by atoms with Crippen LogP contribution in [-0.2, 0) is 4.79 Å². The van der Waals surface area contributed by atoms with Crippen LogP contribution >= 0.6 is 0 Å². The molecular formula is C24H28N2O2. The molecule has 0 aliphatic heterocycles. The molecule has 0 saturated carbocycles. The van der Waals surface area contributed by atoms with Gasteiger partial charge in [-0.2, -0.15) is 0 Å². The summed E-state index contributed by atoms with van der Waals surface area (Å²) < 4.78 is 0. The molecule has 0 saturated heterocycles. The first-order chi connectivity index (χ1) is 13.2. The summed E-state index contributed by atoms with van der Waals surface area (Å²) in [6, 6.07) is 17.2. The fourth-order valence-electron chi connectivity index (χ4n) is 3.48. The minimum absolute atomic E-state index is 0.0817. The molecule has 2 N–H and O–H groups in total. The van der Waals surface area contributed by atoms with Crippen LogP contribution in [0.4, 0.5) is 5.69 Å². The molecule has 28 heavy (non-hydrogen) atoms. The lowest BCUT2D eigenvalue weighted by atomic mass is 9.92. The lowest BCUT2D eigenvalue weighted by Gasteiger charge is -2.24. The SMILES string of the molecule is Cc1ccc(NC2=C(C(=O)c3ccccc3)C(C(=O)NC(C)(C)C)CC2)cc1. The number of amides is 1. The third-order valence-electron chi connectivity index (χ3n) is 4.80. The number of carbonyl (C=O) groups is 2. The number of rotatable bonds is 5. The van der Waals surface area contributed by atoms with E-state index in [1.165, 1.54) is 5.56 Å². The largest absolute Gasteiger partial charge is 0.359 e. The second-order valence-electron chi connectivity index (χ2n) is 8.41. The Kier molecular flexibility index (Phi) is 5.68. The molecule has 0 bridgehead atoms. The highest BCUT2D eigenvalue weighted by Crippen LogP contribution is 2.35. The molecule has 1 unspecified atom stereocenters. The van der Waals surface area contributed by atoms with Crippen molar-refractivity contribution in [2.24, 2.45) is 5.92 Å². The molecule has 1 atom stereocenters. The minimum atomic E-state index is -0.445. The van der Waals surface area contributed by atoms with Gasteiger partial charge in [0.05, 0.1) is 5.92 Å². The van der Waals surface area contributed by atoms with Gasteiger partial charge in [-0.1, -0.05) is 48.0 Å². The average Bonchev–Trinajstić information content (AvgIpc) is 3.06. The predicted octanol–water partition coefficient (Wildman–Crippen LogP) is 4.87. The molecule has 3 rings (SSSR count). The van der Waals surface area contributed by atoms with Crippen molar-refractivity contribution < 1.29 is 9.59 Å². The van der Waals surface area contributed by atoms with E-state index in [0.717, 1.165) is 11.4 Å². The van der Waals surface area contributed by atoms with E-state index < -0.39 is 5.92 Å². The second kappa shape index (κ2) is 8.01. The smallest absolute Gasteiger partial charge is 0.228 e. The molecular weight excluding hydrogens is 348 g/mol. The number of aryl methyl sites for hydroxylation is 1. The number of carbonyl (C=O) groups excluding carboxylic acids is 2. The van der Waals surface area contributed by atoms with E-state index in [1.54, 1.807) is 12.1 Å². The van der Waals surface area contributed by atoms with E-state index in [0.29, 0.717) is 24.0 Å². The van der Waals surface area contributed by atoms with Gasteiger partial charge >= 0.3 is 0 Å². The summed E-state index contributed by atoms with van der Waals surface area (Å²) in [5.41, 5.74) is 3.78. The van der Waals surface area contributed by atoms with Crippen LogP contribution in [0.3, 0.4) is 0 Å². The first kappa shape index (κ1) is 19.9. The Hall–Kier alpha value is -2.88. The molecule has 0 aromatic heterocycles. The van der Waals surface area contributed by atoms with Gasteiger partial charge in [0.15, 0.2) is 5.78 Å². The van der Waals surface area contributed by atoms with Gasteiger partial charge in [-0.15, -0.1) is 0 Å². The Morgan fingerprint density at radius 1 is 0.964 bits per heavy atom. The molecule has 4 heteroatoms. The zero-order chi connectivity index (χ0) is 20.3. The van der Waals surface area contributed by atoms with Gasteiger partial charge in [0.2, 0.25) is 5.91 Å². The second-order valence-corrected chi connectivity index (χ2v) is 8.41. The van der Waals surface area contributed by atoms with Crippen molar-refractivity contribution >= 4 is 17.4 Å². The summed E-state index contributed by atoms with van der Waals surface area (Å²) in [5, 5.41) is 6.43. The van der Waals surface area contributed by atoms with Gasteiger partial charge in [0.25, 0.3) is 0 Å². The summed E-state index contributed by atoms with van der Waals surface area (Å²) in [5.74, 6) is -0.617. The van der Waals surface area contributed by atoms with E-state index in [2.05, 4.69) is 10.6 Å². The highest BCUT2D eigenvalue weighted by molar-refractivity contribution is 6.13. The quantitative estimate of drug-likeness (QED) is 0.732. The lowest BCUT2D eigenvalue weighted by Crippen LogP contribution is -2.44. The van der Waals surface area contributed by atoms with E-state index in [9.17, 15) is 9.59 Å². The van der Waals surface area contributed by atoms with Crippen LogP contribution in [0.2, 0.25) is 0 Å². The molecule has 0 radical (unpaired) electrons. The Morgan fingerprint density at radius 3 is 2.21 bits per heavy atom. The summed E-state index contributed by atoms with van der Waals surface area (Å²) in [4.78, 5) is 26.2. The number of nitrogens with one attached hydrogen (secondary N) is 2. The van der Waals surface area contributed by atoms with Gasteiger partial charge in [0, 0.05) is 28.1 Å². The third kappa shape index (κ3) is 4.69.